The van der Waals surface area contributed by atoms with Crippen molar-refractivity contribution in [2.24, 2.45) is 0 Å². The molecule has 0 aliphatic heterocycles. The Balaban J connectivity index is 2.20. The number of benzene rings is 1. The van der Waals surface area contributed by atoms with Crippen molar-refractivity contribution in [1.82, 2.24) is 10.3 Å². The van der Waals surface area contributed by atoms with Gasteiger partial charge in [0, 0.05) is 16.7 Å². The van der Waals surface area contributed by atoms with Crippen LogP contribution >= 0.6 is 15.9 Å². The third-order valence-corrected chi connectivity index (χ3v) is 3.50. The molecule has 0 saturated heterocycles. The summed E-state index contributed by atoms with van der Waals surface area (Å²) in [6.07, 6.45) is 2.55. The Hall–Kier alpha value is -1.39. The van der Waals surface area contributed by atoms with Crippen molar-refractivity contribution in [3.05, 3.63) is 58.2 Å². The lowest BCUT2D eigenvalue weighted by Crippen LogP contribution is -2.19. The topological polar surface area (TPSA) is 50.9 Å². The maximum atomic E-state index is 5.88. The Morgan fingerprint density at radius 2 is 2.00 bits per heavy atom. The van der Waals surface area contributed by atoms with E-state index in [9.17, 15) is 0 Å². The summed E-state index contributed by atoms with van der Waals surface area (Å²) in [5.41, 5.74) is 8.19. The van der Waals surface area contributed by atoms with E-state index in [2.05, 4.69) is 38.4 Å². The average Bonchev–Trinajstić information content (AvgIpc) is 2.39. The molecule has 0 fully saturated rings. The van der Waals surface area contributed by atoms with Gasteiger partial charge in [0.15, 0.2) is 0 Å². The summed E-state index contributed by atoms with van der Waals surface area (Å²) < 4.78 is 1.09. The summed E-state index contributed by atoms with van der Waals surface area (Å²) >= 11 is 3.44. The fourth-order valence-corrected chi connectivity index (χ4v) is 2.19. The van der Waals surface area contributed by atoms with Crippen LogP contribution in [0.4, 0.5) is 5.82 Å². The average molecular weight is 306 g/mol. The standard InChI is InChI=1S/C14H16BrN3/c1-17-13(10-4-6-12(15)7-5-10)9-11-3-2-8-18-14(11)16/h2-8,13,17H,9H2,1H3,(H2,16,18). The molecule has 0 amide bonds. The number of nitrogen functional groups attached to an aromatic ring is 1. The van der Waals surface area contributed by atoms with Crippen LogP contribution in [0.3, 0.4) is 0 Å². The molecule has 3 N–H and O–H groups in total. The van der Waals surface area contributed by atoms with Crippen LogP contribution in [-0.4, -0.2) is 12.0 Å². The van der Waals surface area contributed by atoms with E-state index in [4.69, 9.17) is 5.73 Å². The monoisotopic (exact) mass is 305 g/mol. The highest BCUT2D eigenvalue weighted by Crippen LogP contribution is 2.22. The summed E-state index contributed by atoms with van der Waals surface area (Å²) in [6, 6.07) is 12.5. The van der Waals surface area contributed by atoms with Crippen molar-refractivity contribution in [3.8, 4) is 0 Å². The van der Waals surface area contributed by atoms with Gasteiger partial charge in [-0.25, -0.2) is 4.98 Å². The first-order valence-electron chi connectivity index (χ1n) is 5.83. The lowest BCUT2D eigenvalue weighted by Gasteiger charge is -2.17. The van der Waals surface area contributed by atoms with Gasteiger partial charge in [0.1, 0.15) is 5.82 Å². The molecule has 1 heterocycles. The largest absolute Gasteiger partial charge is 0.383 e. The number of anilines is 1. The predicted octanol–water partition coefficient (Wildman–Crippen LogP) is 2.93. The highest BCUT2D eigenvalue weighted by molar-refractivity contribution is 9.10. The molecule has 0 saturated carbocycles. The number of halogens is 1. The van der Waals surface area contributed by atoms with Gasteiger partial charge in [0.25, 0.3) is 0 Å². The zero-order chi connectivity index (χ0) is 13.0. The first-order chi connectivity index (χ1) is 8.70. The molecule has 1 aromatic carbocycles. The van der Waals surface area contributed by atoms with Crippen molar-refractivity contribution in [2.75, 3.05) is 12.8 Å². The van der Waals surface area contributed by atoms with Gasteiger partial charge in [-0.1, -0.05) is 34.1 Å². The normalized spacial score (nSPS) is 12.3. The van der Waals surface area contributed by atoms with E-state index >= 15 is 0 Å². The molecule has 2 aromatic rings. The van der Waals surface area contributed by atoms with Crippen molar-refractivity contribution in [3.63, 3.8) is 0 Å². The van der Waals surface area contributed by atoms with Gasteiger partial charge in [0.2, 0.25) is 0 Å². The molecule has 1 unspecified atom stereocenters. The van der Waals surface area contributed by atoms with E-state index in [0.717, 1.165) is 16.5 Å². The van der Waals surface area contributed by atoms with E-state index in [1.807, 2.05) is 31.3 Å². The van der Waals surface area contributed by atoms with Crippen LogP contribution in [0.15, 0.2) is 47.1 Å². The second kappa shape index (κ2) is 5.98. The number of likely N-dealkylation sites (N-methyl/N-ethyl adjacent to an activating group) is 1. The van der Waals surface area contributed by atoms with Gasteiger partial charge < -0.3 is 11.1 Å². The SMILES string of the molecule is CNC(Cc1cccnc1N)c1ccc(Br)cc1. The minimum atomic E-state index is 0.240. The van der Waals surface area contributed by atoms with E-state index < -0.39 is 0 Å². The van der Waals surface area contributed by atoms with E-state index in [1.54, 1.807) is 6.20 Å². The van der Waals surface area contributed by atoms with Gasteiger partial charge in [0.05, 0.1) is 0 Å². The highest BCUT2D eigenvalue weighted by Gasteiger charge is 2.11. The molecule has 3 nitrogen and oxygen atoms in total. The van der Waals surface area contributed by atoms with Gasteiger partial charge in [-0.3, -0.25) is 0 Å². The van der Waals surface area contributed by atoms with E-state index in [1.165, 1.54) is 5.56 Å². The first-order valence-corrected chi connectivity index (χ1v) is 6.62. The summed E-state index contributed by atoms with van der Waals surface area (Å²) in [5.74, 6) is 0.606. The fraction of sp³-hybridized carbons (Fsp3) is 0.214. The zero-order valence-corrected chi connectivity index (χ0v) is 11.8. The lowest BCUT2D eigenvalue weighted by atomic mass is 9.99. The van der Waals surface area contributed by atoms with Crippen LogP contribution in [0.2, 0.25) is 0 Å². The van der Waals surface area contributed by atoms with E-state index in [0.29, 0.717) is 5.82 Å². The molecule has 4 heteroatoms. The minimum absolute atomic E-state index is 0.240. The number of rotatable bonds is 4. The number of nitrogens with two attached hydrogens (primary N) is 1. The fourth-order valence-electron chi connectivity index (χ4n) is 1.93. The second-order valence-electron chi connectivity index (χ2n) is 4.14. The lowest BCUT2D eigenvalue weighted by molar-refractivity contribution is 0.592. The van der Waals surface area contributed by atoms with Gasteiger partial charge >= 0.3 is 0 Å². The van der Waals surface area contributed by atoms with Crippen molar-refractivity contribution in [1.29, 1.82) is 0 Å². The molecule has 0 radical (unpaired) electrons. The van der Waals surface area contributed by atoms with Crippen LogP contribution in [0, 0.1) is 0 Å². The second-order valence-corrected chi connectivity index (χ2v) is 5.06. The van der Waals surface area contributed by atoms with Crippen LogP contribution in [-0.2, 0) is 6.42 Å². The third kappa shape index (κ3) is 3.09. The van der Waals surface area contributed by atoms with Crippen LogP contribution < -0.4 is 11.1 Å². The first kappa shape index (κ1) is 13.1. The Labute approximate surface area is 116 Å². The molecule has 0 aliphatic rings. The zero-order valence-electron chi connectivity index (χ0n) is 10.2. The van der Waals surface area contributed by atoms with Crippen molar-refractivity contribution >= 4 is 21.7 Å². The Morgan fingerprint density at radius 1 is 1.28 bits per heavy atom. The molecule has 94 valence electrons. The molecule has 1 atom stereocenters. The van der Waals surface area contributed by atoms with Crippen LogP contribution in [0.5, 0.6) is 0 Å². The maximum absolute atomic E-state index is 5.88. The quantitative estimate of drug-likeness (QED) is 0.913. The highest BCUT2D eigenvalue weighted by atomic mass is 79.9. The van der Waals surface area contributed by atoms with Crippen LogP contribution in [0.1, 0.15) is 17.2 Å². The van der Waals surface area contributed by atoms with Gasteiger partial charge in [-0.05, 0) is 42.8 Å². The number of nitrogens with one attached hydrogen (secondary N) is 1. The number of hydrogen-bond donors (Lipinski definition) is 2. The minimum Gasteiger partial charge on any atom is -0.383 e. The van der Waals surface area contributed by atoms with E-state index in [-0.39, 0.29) is 6.04 Å². The van der Waals surface area contributed by atoms with Crippen LogP contribution in [0.25, 0.3) is 0 Å². The van der Waals surface area contributed by atoms with Gasteiger partial charge in [-0.2, -0.15) is 0 Å². The molecule has 0 spiro atoms. The Kier molecular flexibility index (Phi) is 4.33. The molecule has 0 aliphatic carbocycles. The maximum Gasteiger partial charge on any atom is 0.126 e. The molecule has 2 rings (SSSR count). The number of aromatic nitrogens is 1. The summed E-state index contributed by atoms with van der Waals surface area (Å²) in [5, 5.41) is 3.31. The Morgan fingerprint density at radius 3 is 2.61 bits per heavy atom. The predicted molar refractivity (Wildman–Crippen MR) is 78.3 cm³/mol. The molecule has 1 aromatic heterocycles. The van der Waals surface area contributed by atoms with Gasteiger partial charge in [-0.15, -0.1) is 0 Å². The Bertz CT molecular complexity index is 511. The van der Waals surface area contributed by atoms with Crippen molar-refractivity contribution in [2.45, 2.75) is 12.5 Å². The smallest absolute Gasteiger partial charge is 0.126 e. The summed E-state index contributed by atoms with van der Waals surface area (Å²) in [6.45, 7) is 0. The molecule has 18 heavy (non-hydrogen) atoms. The molecular weight excluding hydrogens is 290 g/mol. The third-order valence-electron chi connectivity index (χ3n) is 2.97. The number of pyridine rings is 1. The molecular formula is C14H16BrN3. The summed E-state index contributed by atoms with van der Waals surface area (Å²) in [7, 11) is 1.96. The molecule has 0 bridgehead atoms. The number of nitrogens with zero attached hydrogens (tertiary/aromatic N) is 1. The summed E-state index contributed by atoms with van der Waals surface area (Å²) in [4.78, 5) is 4.12. The van der Waals surface area contributed by atoms with Crippen molar-refractivity contribution < 1.29 is 0 Å². The number of hydrogen-bond acceptors (Lipinski definition) is 3.